The number of anilines is 1. The molecule has 5 heteroatoms. The molecule has 0 N–H and O–H groups in total. The smallest absolute Gasteiger partial charge is 0.255 e. The fraction of sp³-hybridized carbons (Fsp3) is 0.292. The normalized spacial score (nSPS) is 21.1. The Kier molecular flexibility index (Phi) is 4.28. The Hall–Kier alpha value is -2.92. The number of benzene rings is 2. The molecule has 0 saturated carbocycles. The molecule has 2 aliphatic rings. The Bertz CT molecular complexity index is 1120. The van der Waals surface area contributed by atoms with Gasteiger partial charge in [0.15, 0.2) is 0 Å². The van der Waals surface area contributed by atoms with Gasteiger partial charge >= 0.3 is 0 Å². The lowest BCUT2D eigenvalue weighted by molar-refractivity contribution is 0.234. The summed E-state index contributed by atoms with van der Waals surface area (Å²) in [5, 5.41) is 0. The molecule has 148 valence electrons. The summed E-state index contributed by atoms with van der Waals surface area (Å²) in [6, 6.07) is 16.6. The lowest BCUT2D eigenvalue weighted by atomic mass is 9.89. The lowest BCUT2D eigenvalue weighted by Crippen LogP contribution is -2.43. The van der Waals surface area contributed by atoms with Crippen LogP contribution < -0.4 is 10.5 Å². The first kappa shape index (κ1) is 18.1. The average Bonchev–Trinajstić information content (AvgIpc) is 2.99. The number of fused-ring (bicyclic) bond motifs is 3. The van der Waals surface area contributed by atoms with Crippen molar-refractivity contribution in [2.24, 2.45) is 0 Å². The van der Waals surface area contributed by atoms with E-state index in [0.717, 1.165) is 36.3 Å². The molecule has 2 aliphatic heterocycles. The predicted octanol–water partition coefficient (Wildman–Crippen LogP) is 3.88. The standard InChI is InChI=1S/C24H24FN3O/c1-26-11-10-22-21(15-26)20-8-7-19(14-23(20)27(22)2)28-12-9-17(13-24(28)29)16-3-5-18(25)6-4-16/h3-9,12-14,21-22H,10-11,15H2,1-2H3. The molecule has 1 aromatic heterocycles. The van der Waals surface area contributed by atoms with Crippen molar-refractivity contribution < 1.29 is 4.39 Å². The third-order valence-electron chi connectivity index (χ3n) is 6.45. The van der Waals surface area contributed by atoms with E-state index in [1.165, 1.54) is 23.4 Å². The third kappa shape index (κ3) is 3.06. The Labute approximate surface area is 169 Å². The summed E-state index contributed by atoms with van der Waals surface area (Å²) < 4.78 is 14.8. The van der Waals surface area contributed by atoms with Gasteiger partial charge in [0, 0.05) is 43.5 Å². The molecule has 1 fully saturated rings. The zero-order chi connectivity index (χ0) is 20.1. The molecule has 29 heavy (non-hydrogen) atoms. The Morgan fingerprint density at radius 2 is 1.76 bits per heavy atom. The molecule has 2 aromatic carbocycles. The molecule has 0 spiro atoms. The number of likely N-dealkylation sites (tertiary alicyclic amines) is 1. The first-order chi connectivity index (χ1) is 14.0. The van der Waals surface area contributed by atoms with Crippen LogP contribution in [-0.4, -0.2) is 42.7 Å². The highest BCUT2D eigenvalue weighted by molar-refractivity contribution is 5.66. The summed E-state index contributed by atoms with van der Waals surface area (Å²) in [5.41, 5.74) is 5.00. The van der Waals surface area contributed by atoms with Crippen LogP contribution in [0, 0.1) is 5.82 Å². The molecule has 3 heterocycles. The van der Waals surface area contributed by atoms with E-state index in [-0.39, 0.29) is 11.4 Å². The van der Waals surface area contributed by atoms with Crippen molar-refractivity contribution in [2.45, 2.75) is 18.4 Å². The predicted molar refractivity (Wildman–Crippen MR) is 114 cm³/mol. The Morgan fingerprint density at radius 1 is 0.966 bits per heavy atom. The third-order valence-corrected chi connectivity index (χ3v) is 6.45. The van der Waals surface area contributed by atoms with Crippen molar-refractivity contribution in [3.05, 3.63) is 82.5 Å². The van der Waals surface area contributed by atoms with E-state index >= 15 is 0 Å². The summed E-state index contributed by atoms with van der Waals surface area (Å²) >= 11 is 0. The molecular weight excluding hydrogens is 365 g/mol. The number of aromatic nitrogens is 1. The summed E-state index contributed by atoms with van der Waals surface area (Å²) in [6.07, 6.45) is 2.96. The van der Waals surface area contributed by atoms with Crippen LogP contribution in [-0.2, 0) is 0 Å². The van der Waals surface area contributed by atoms with Crippen LogP contribution in [0.2, 0.25) is 0 Å². The summed E-state index contributed by atoms with van der Waals surface area (Å²) in [5.74, 6) is 0.247. The molecule has 4 nitrogen and oxygen atoms in total. The van der Waals surface area contributed by atoms with E-state index in [1.54, 1.807) is 29.0 Å². The van der Waals surface area contributed by atoms with Gasteiger partial charge in [0.05, 0.1) is 5.69 Å². The average molecular weight is 389 g/mol. The van der Waals surface area contributed by atoms with Crippen LogP contribution >= 0.6 is 0 Å². The largest absolute Gasteiger partial charge is 0.371 e. The van der Waals surface area contributed by atoms with Crippen molar-refractivity contribution in [3.63, 3.8) is 0 Å². The number of halogens is 1. The molecule has 0 aliphatic carbocycles. The molecule has 3 aromatic rings. The molecule has 5 rings (SSSR count). The maximum Gasteiger partial charge on any atom is 0.255 e. The van der Waals surface area contributed by atoms with Gasteiger partial charge < -0.3 is 9.80 Å². The number of nitrogens with zero attached hydrogens (tertiary/aromatic N) is 3. The highest BCUT2D eigenvalue weighted by atomic mass is 19.1. The number of pyridine rings is 1. The Morgan fingerprint density at radius 3 is 2.52 bits per heavy atom. The van der Waals surface area contributed by atoms with Gasteiger partial charge in [-0.3, -0.25) is 9.36 Å². The number of rotatable bonds is 2. The van der Waals surface area contributed by atoms with E-state index in [9.17, 15) is 9.18 Å². The number of piperidine rings is 1. The van der Waals surface area contributed by atoms with Crippen LogP contribution in [0.4, 0.5) is 10.1 Å². The van der Waals surface area contributed by atoms with Crippen LogP contribution in [0.3, 0.4) is 0 Å². The van der Waals surface area contributed by atoms with Crippen molar-refractivity contribution in [2.75, 3.05) is 32.1 Å². The summed E-state index contributed by atoms with van der Waals surface area (Å²) in [4.78, 5) is 17.6. The zero-order valence-electron chi connectivity index (χ0n) is 16.7. The van der Waals surface area contributed by atoms with Crippen molar-refractivity contribution >= 4 is 5.69 Å². The molecule has 0 amide bonds. The first-order valence-electron chi connectivity index (χ1n) is 10.1. The van der Waals surface area contributed by atoms with Crippen LogP contribution in [0.25, 0.3) is 16.8 Å². The maximum absolute atomic E-state index is 13.2. The topological polar surface area (TPSA) is 28.5 Å². The van der Waals surface area contributed by atoms with Crippen molar-refractivity contribution in [1.29, 1.82) is 0 Å². The van der Waals surface area contributed by atoms with Gasteiger partial charge in [-0.2, -0.15) is 0 Å². The second kappa shape index (κ2) is 6.85. The number of hydrogen-bond acceptors (Lipinski definition) is 3. The highest BCUT2D eigenvalue weighted by Crippen LogP contribution is 2.44. The van der Waals surface area contributed by atoms with Gasteiger partial charge in [-0.05, 0) is 67.0 Å². The van der Waals surface area contributed by atoms with Gasteiger partial charge in [0.25, 0.3) is 5.56 Å². The number of likely N-dealkylation sites (N-methyl/N-ethyl adjacent to an activating group) is 2. The SMILES string of the molecule is CN1CCC2C(C1)c1ccc(-n3ccc(-c4ccc(F)cc4)cc3=O)cc1N2C. The fourth-order valence-corrected chi connectivity index (χ4v) is 4.87. The second-order valence-electron chi connectivity index (χ2n) is 8.21. The minimum absolute atomic E-state index is 0.0930. The monoisotopic (exact) mass is 389 g/mol. The van der Waals surface area contributed by atoms with E-state index in [0.29, 0.717) is 12.0 Å². The van der Waals surface area contributed by atoms with E-state index < -0.39 is 0 Å². The summed E-state index contributed by atoms with van der Waals surface area (Å²) in [7, 11) is 4.35. The number of hydrogen-bond donors (Lipinski definition) is 0. The van der Waals surface area contributed by atoms with E-state index in [1.807, 2.05) is 12.1 Å². The van der Waals surface area contributed by atoms with Crippen molar-refractivity contribution in [1.82, 2.24) is 9.47 Å². The van der Waals surface area contributed by atoms with Gasteiger partial charge in [-0.15, -0.1) is 0 Å². The Balaban J connectivity index is 1.50. The minimum Gasteiger partial charge on any atom is -0.371 e. The fourth-order valence-electron chi connectivity index (χ4n) is 4.87. The maximum atomic E-state index is 13.2. The highest BCUT2D eigenvalue weighted by Gasteiger charge is 2.39. The molecular formula is C24H24FN3O. The second-order valence-corrected chi connectivity index (χ2v) is 8.21. The molecule has 0 bridgehead atoms. The molecule has 2 atom stereocenters. The van der Waals surface area contributed by atoms with Crippen LogP contribution in [0.1, 0.15) is 17.9 Å². The summed E-state index contributed by atoms with van der Waals surface area (Å²) in [6.45, 7) is 2.20. The molecule has 2 unspecified atom stereocenters. The van der Waals surface area contributed by atoms with Crippen molar-refractivity contribution in [3.8, 4) is 16.8 Å². The van der Waals surface area contributed by atoms with Crippen LogP contribution in [0.15, 0.2) is 65.6 Å². The van der Waals surface area contributed by atoms with Crippen LogP contribution in [0.5, 0.6) is 0 Å². The first-order valence-corrected chi connectivity index (χ1v) is 10.1. The van der Waals surface area contributed by atoms with E-state index in [2.05, 4.69) is 36.0 Å². The van der Waals surface area contributed by atoms with Gasteiger partial charge in [0.2, 0.25) is 0 Å². The minimum atomic E-state index is -0.281. The van der Waals surface area contributed by atoms with Gasteiger partial charge in [0.1, 0.15) is 5.82 Å². The van der Waals surface area contributed by atoms with Gasteiger partial charge in [-0.1, -0.05) is 18.2 Å². The van der Waals surface area contributed by atoms with Gasteiger partial charge in [-0.25, -0.2) is 4.39 Å². The lowest BCUT2D eigenvalue weighted by Gasteiger charge is -2.35. The molecule has 0 radical (unpaired) electrons. The molecule has 1 saturated heterocycles. The quantitative estimate of drug-likeness (QED) is 0.666. The van der Waals surface area contributed by atoms with E-state index in [4.69, 9.17) is 0 Å². The zero-order valence-corrected chi connectivity index (χ0v) is 16.7.